The number of imidazole rings is 1. The molecule has 0 spiro atoms. The van der Waals surface area contributed by atoms with Gasteiger partial charge in [-0.1, -0.05) is 20.8 Å². The number of aliphatic hydroxyl groups is 1. The highest BCUT2D eigenvalue weighted by Gasteiger charge is 2.22. The molecule has 1 rings (SSSR count). The van der Waals surface area contributed by atoms with Gasteiger partial charge in [0.05, 0.1) is 19.0 Å². The lowest BCUT2D eigenvalue weighted by molar-refractivity contribution is -0.123. The van der Waals surface area contributed by atoms with Gasteiger partial charge >= 0.3 is 0 Å². The average Bonchev–Trinajstić information content (AvgIpc) is 3.00. The first-order chi connectivity index (χ1) is 12.7. The minimum Gasteiger partial charge on any atom is -0.394 e. The molecule has 9 heteroatoms. The van der Waals surface area contributed by atoms with Crippen LogP contribution in [0, 0.1) is 12.8 Å². The summed E-state index contributed by atoms with van der Waals surface area (Å²) in [5, 5.41) is 14.4. The molecule has 2 amide bonds. The summed E-state index contributed by atoms with van der Waals surface area (Å²) in [5.41, 5.74) is 0.501. The summed E-state index contributed by atoms with van der Waals surface area (Å²) >= 11 is 0. The number of rotatable bonds is 10. The van der Waals surface area contributed by atoms with Gasteiger partial charge in [0.25, 0.3) is 5.91 Å². The molecule has 2 unspecified atom stereocenters. The third kappa shape index (κ3) is 6.44. The lowest BCUT2D eigenvalue weighted by Crippen LogP contribution is -2.37. The molecule has 1 heterocycles. The zero-order valence-corrected chi connectivity index (χ0v) is 16.5. The number of ether oxygens (including phenoxy) is 1. The van der Waals surface area contributed by atoms with E-state index in [1.807, 2.05) is 6.92 Å². The van der Waals surface area contributed by atoms with Crippen molar-refractivity contribution < 1.29 is 23.8 Å². The van der Waals surface area contributed by atoms with E-state index in [-0.39, 0.29) is 29.9 Å². The van der Waals surface area contributed by atoms with E-state index in [2.05, 4.69) is 15.6 Å². The maximum atomic E-state index is 13.3. The molecule has 2 atom stereocenters. The maximum absolute atomic E-state index is 13.3. The van der Waals surface area contributed by atoms with Gasteiger partial charge in [0.1, 0.15) is 18.2 Å². The second kappa shape index (κ2) is 10.8. The fraction of sp³-hybridized carbons (Fsp3) is 0.611. The van der Waals surface area contributed by atoms with Crippen molar-refractivity contribution in [1.82, 2.24) is 20.2 Å². The van der Waals surface area contributed by atoms with Crippen LogP contribution in [0.15, 0.2) is 18.2 Å². The Hall–Kier alpha value is -2.26. The van der Waals surface area contributed by atoms with Crippen molar-refractivity contribution in [3.05, 3.63) is 29.6 Å². The fourth-order valence-electron chi connectivity index (χ4n) is 2.22. The molecule has 0 fully saturated rings. The highest BCUT2D eigenvalue weighted by molar-refractivity contribution is 5.95. The second-order valence-electron chi connectivity index (χ2n) is 6.45. The van der Waals surface area contributed by atoms with E-state index < -0.39 is 24.9 Å². The van der Waals surface area contributed by atoms with Crippen LogP contribution >= 0.6 is 0 Å². The van der Waals surface area contributed by atoms with Gasteiger partial charge in [0.2, 0.25) is 5.91 Å². The van der Waals surface area contributed by atoms with Crippen LogP contribution in [0.1, 0.15) is 56.5 Å². The topological polar surface area (TPSA) is 105 Å². The van der Waals surface area contributed by atoms with E-state index in [1.54, 1.807) is 33.8 Å². The summed E-state index contributed by atoms with van der Waals surface area (Å²) in [6.07, 6.45) is 2.05. The number of carbonyl (C=O) groups is 2. The summed E-state index contributed by atoms with van der Waals surface area (Å²) in [6.45, 7) is 7.51. The number of carbonyl (C=O) groups excluding carboxylic acids is 2. The Morgan fingerprint density at radius 1 is 1.37 bits per heavy atom. The third-order valence-corrected chi connectivity index (χ3v) is 3.78. The number of hydrogen-bond acceptors (Lipinski definition) is 5. The first-order valence-corrected chi connectivity index (χ1v) is 8.93. The molecule has 152 valence electrons. The molecule has 3 N–H and O–H groups in total. The van der Waals surface area contributed by atoms with Crippen LogP contribution in [0.2, 0.25) is 0 Å². The summed E-state index contributed by atoms with van der Waals surface area (Å²) in [5.74, 6) is -0.703. The van der Waals surface area contributed by atoms with Gasteiger partial charge in [0, 0.05) is 11.6 Å². The van der Waals surface area contributed by atoms with Gasteiger partial charge in [-0.3, -0.25) is 9.59 Å². The summed E-state index contributed by atoms with van der Waals surface area (Å²) in [7, 11) is 0. The van der Waals surface area contributed by atoms with Gasteiger partial charge in [-0.15, -0.1) is 0 Å². The average molecular weight is 384 g/mol. The van der Waals surface area contributed by atoms with Crippen molar-refractivity contribution in [3.63, 3.8) is 0 Å². The molecule has 0 bridgehead atoms. The molecule has 0 aliphatic heterocycles. The van der Waals surface area contributed by atoms with Crippen LogP contribution in [-0.4, -0.2) is 45.9 Å². The smallest absolute Gasteiger partial charge is 0.277 e. The number of aromatic nitrogens is 2. The molecule has 0 saturated carbocycles. The van der Waals surface area contributed by atoms with Crippen LogP contribution in [0.4, 0.5) is 4.39 Å². The van der Waals surface area contributed by atoms with Gasteiger partial charge in [-0.25, -0.2) is 9.37 Å². The predicted octanol–water partition coefficient (Wildman–Crippen LogP) is 1.81. The maximum Gasteiger partial charge on any atom is 0.277 e. The molecule has 0 aliphatic rings. The Kier molecular flexibility index (Phi) is 9.10. The third-order valence-electron chi connectivity index (χ3n) is 3.78. The highest BCUT2D eigenvalue weighted by Crippen LogP contribution is 2.17. The minimum absolute atomic E-state index is 0.0921. The van der Waals surface area contributed by atoms with E-state index in [0.717, 1.165) is 0 Å². The summed E-state index contributed by atoms with van der Waals surface area (Å²) < 4.78 is 20.2. The van der Waals surface area contributed by atoms with Crippen LogP contribution in [-0.2, 0) is 9.53 Å². The number of nitrogens with one attached hydrogen (secondary N) is 2. The van der Waals surface area contributed by atoms with E-state index in [9.17, 15) is 14.0 Å². The van der Waals surface area contributed by atoms with Crippen molar-refractivity contribution >= 4 is 11.8 Å². The SMILES string of the molecule is CC/C=C(/NC(=O)c1ncn(C(CF)OC(C)CO)c1C)NC(=O)C(C)C. The zero-order valence-electron chi connectivity index (χ0n) is 16.5. The number of amides is 2. The largest absolute Gasteiger partial charge is 0.394 e. The van der Waals surface area contributed by atoms with Gasteiger partial charge < -0.3 is 25.0 Å². The van der Waals surface area contributed by atoms with E-state index >= 15 is 0 Å². The van der Waals surface area contributed by atoms with E-state index in [4.69, 9.17) is 9.84 Å². The van der Waals surface area contributed by atoms with Crippen molar-refractivity contribution in [2.75, 3.05) is 13.3 Å². The first-order valence-electron chi connectivity index (χ1n) is 8.93. The molecule has 1 aromatic rings. The Labute approximate surface area is 158 Å². The van der Waals surface area contributed by atoms with E-state index in [0.29, 0.717) is 12.1 Å². The molecule has 8 nitrogen and oxygen atoms in total. The number of alkyl halides is 1. The molecule has 0 saturated heterocycles. The number of allylic oxidation sites excluding steroid dienone is 1. The van der Waals surface area contributed by atoms with Gasteiger partial charge in [0.15, 0.2) is 6.23 Å². The molecule has 0 aliphatic carbocycles. The Bertz CT molecular complexity index is 672. The predicted molar refractivity (Wildman–Crippen MR) is 98.4 cm³/mol. The molecular weight excluding hydrogens is 355 g/mol. The first kappa shape index (κ1) is 22.8. The minimum atomic E-state index is -0.993. The van der Waals surface area contributed by atoms with Crippen molar-refractivity contribution in [1.29, 1.82) is 0 Å². The van der Waals surface area contributed by atoms with Crippen molar-refractivity contribution in [2.24, 2.45) is 5.92 Å². The van der Waals surface area contributed by atoms with E-state index in [1.165, 1.54) is 10.9 Å². The highest BCUT2D eigenvalue weighted by atomic mass is 19.1. The number of hydrogen-bond donors (Lipinski definition) is 3. The zero-order chi connectivity index (χ0) is 20.6. The second-order valence-corrected chi connectivity index (χ2v) is 6.45. The normalized spacial score (nSPS) is 14.1. The Morgan fingerprint density at radius 3 is 2.56 bits per heavy atom. The lowest BCUT2D eigenvalue weighted by atomic mass is 10.2. The van der Waals surface area contributed by atoms with Crippen molar-refractivity contribution in [3.8, 4) is 0 Å². The van der Waals surface area contributed by atoms with Crippen LogP contribution in [0.5, 0.6) is 0 Å². The van der Waals surface area contributed by atoms with Gasteiger partial charge in [-0.05, 0) is 26.3 Å². The van der Waals surface area contributed by atoms with Crippen molar-refractivity contribution in [2.45, 2.75) is 53.4 Å². The fourth-order valence-corrected chi connectivity index (χ4v) is 2.22. The Balaban J connectivity index is 2.96. The number of aliphatic hydroxyl groups excluding tert-OH is 1. The molecular formula is C18H29FN4O4. The van der Waals surface area contributed by atoms with Crippen LogP contribution in [0.3, 0.4) is 0 Å². The summed E-state index contributed by atoms with van der Waals surface area (Å²) in [6, 6.07) is 0. The Morgan fingerprint density at radius 2 is 2.04 bits per heavy atom. The number of nitrogens with zero attached hydrogens (tertiary/aromatic N) is 2. The summed E-state index contributed by atoms with van der Waals surface area (Å²) in [4.78, 5) is 28.5. The van der Waals surface area contributed by atoms with Crippen LogP contribution < -0.4 is 10.6 Å². The van der Waals surface area contributed by atoms with Crippen LogP contribution in [0.25, 0.3) is 0 Å². The lowest BCUT2D eigenvalue weighted by Gasteiger charge is -2.21. The quantitative estimate of drug-likeness (QED) is 0.571. The van der Waals surface area contributed by atoms with Gasteiger partial charge in [-0.2, -0.15) is 0 Å². The molecule has 0 aromatic carbocycles. The molecule has 1 aromatic heterocycles. The standard InChI is InChI=1S/C18H29FN4O4/c1-6-7-14(21-17(25)11(2)3)22-18(26)16-13(5)23(10-20-16)15(8-19)27-12(4)9-24/h7,10-12,15,24H,6,8-9H2,1-5H3,(H,21,25)(H,22,26)/b14-7+. The molecule has 27 heavy (non-hydrogen) atoms. The molecule has 0 radical (unpaired) electrons. The monoisotopic (exact) mass is 384 g/mol. The number of halogens is 1.